The fourth-order valence-electron chi connectivity index (χ4n) is 5.02. The Balaban J connectivity index is 1.61. The second-order valence-electron chi connectivity index (χ2n) is 8.64. The Kier molecular flexibility index (Phi) is 5.17. The molecule has 5 rings (SSSR count). The molecular weight excluding hydrogens is 402 g/mol. The van der Waals surface area contributed by atoms with Crippen LogP contribution in [0.5, 0.6) is 0 Å². The van der Waals surface area contributed by atoms with E-state index < -0.39 is 10.7 Å². The topological polar surface area (TPSA) is 105 Å². The molecule has 0 aromatic heterocycles. The van der Waals surface area contributed by atoms with E-state index in [2.05, 4.69) is 5.32 Å². The molecular formula is C25H27N5O2. The Labute approximate surface area is 187 Å². The molecule has 0 spiro atoms. The second-order valence-corrected chi connectivity index (χ2v) is 8.64. The molecule has 2 heterocycles. The number of piperazine rings is 1. The van der Waals surface area contributed by atoms with Crippen molar-refractivity contribution in [2.24, 2.45) is 5.73 Å². The first-order chi connectivity index (χ1) is 15.5. The first kappa shape index (κ1) is 20.6. The molecule has 0 bridgehead atoms. The zero-order valence-corrected chi connectivity index (χ0v) is 17.9. The third-order valence-electron chi connectivity index (χ3n) is 6.72. The van der Waals surface area contributed by atoms with E-state index in [9.17, 15) is 10.0 Å². The van der Waals surface area contributed by atoms with E-state index in [4.69, 9.17) is 11.1 Å². The number of hydrogen-bond acceptors (Lipinski definition) is 4. The fraction of sp³-hybridized carbons (Fsp3) is 0.280. The van der Waals surface area contributed by atoms with Crippen LogP contribution in [-0.4, -0.2) is 48.9 Å². The van der Waals surface area contributed by atoms with Gasteiger partial charge in [-0.1, -0.05) is 54.6 Å². The monoisotopic (exact) mass is 429 g/mol. The molecule has 0 aliphatic carbocycles. The van der Waals surface area contributed by atoms with Crippen LogP contribution in [0.4, 0.5) is 5.69 Å². The Morgan fingerprint density at radius 1 is 1.12 bits per heavy atom. The van der Waals surface area contributed by atoms with Crippen molar-refractivity contribution < 1.29 is 4.79 Å². The summed E-state index contributed by atoms with van der Waals surface area (Å²) < 4.78 is -0.757. The van der Waals surface area contributed by atoms with Crippen molar-refractivity contribution in [3.05, 3.63) is 82.6 Å². The zero-order valence-electron chi connectivity index (χ0n) is 17.9. The number of fused-ring (bicyclic) bond motifs is 2. The van der Waals surface area contributed by atoms with Crippen LogP contribution in [0.2, 0.25) is 0 Å². The molecule has 1 saturated heterocycles. The highest BCUT2D eigenvalue weighted by Gasteiger charge is 2.47. The third kappa shape index (κ3) is 3.44. The smallest absolute Gasteiger partial charge is 0.282 e. The van der Waals surface area contributed by atoms with Gasteiger partial charge >= 0.3 is 0 Å². The predicted molar refractivity (Wildman–Crippen MR) is 127 cm³/mol. The fourth-order valence-corrected chi connectivity index (χ4v) is 5.02. The first-order valence-electron chi connectivity index (χ1n) is 11.0. The molecule has 2 aliphatic rings. The SMILES string of the molecule is N=C(N)c1ccc2c(c1)[N+]([O-])(Cc1cccc3ccccc13)C(C(=O)N1CCNCC1)C2. The molecule has 164 valence electrons. The largest absolute Gasteiger partial charge is 0.627 e. The van der Waals surface area contributed by atoms with Crippen molar-refractivity contribution in [1.82, 2.24) is 14.9 Å². The van der Waals surface area contributed by atoms with Gasteiger partial charge in [-0.15, -0.1) is 0 Å². The number of hydroxylamine groups is 2. The van der Waals surface area contributed by atoms with E-state index in [0.29, 0.717) is 30.8 Å². The van der Waals surface area contributed by atoms with Crippen LogP contribution < -0.4 is 15.7 Å². The minimum Gasteiger partial charge on any atom is -0.627 e. The summed E-state index contributed by atoms with van der Waals surface area (Å²) in [5, 5.41) is 27.9. The molecule has 2 atom stereocenters. The van der Waals surface area contributed by atoms with Crippen LogP contribution in [0.3, 0.4) is 0 Å². The molecule has 4 N–H and O–H groups in total. The number of carbonyl (C=O) groups excluding carboxylic acids is 1. The normalized spacial score (nSPS) is 22.7. The molecule has 0 saturated carbocycles. The summed E-state index contributed by atoms with van der Waals surface area (Å²) >= 11 is 0. The Morgan fingerprint density at radius 3 is 2.66 bits per heavy atom. The van der Waals surface area contributed by atoms with Crippen molar-refractivity contribution in [2.75, 3.05) is 26.2 Å². The van der Waals surface area contributed by atoms with Gasteiger partial charge in [0, 0.05) is 55.4 Å². The molecule has 2 unspecified atom stereocenters. The molecule has 32 heavy (non-hydrogen) atoms. The van der Waals surface area contributed by atoms with Gasteiger partial charge in [0.15, 0.2) is 6.04 Å². The van der Waals surface area contributed by atoms with Crippen molar-refractivity contribution in [3.63, 3.8) is 0 Å². The van der Waals surface area contributed by atoms with Crippen LogP contribution in [0.25, 0.3) is 10.8 Å². The summed E-state index contributed by atoms with van der Waals surface area (Å²) in [7, 11) is 0. The number of quaternary nitrogens is 1. The van der Waals surface area contributed by atoms with Crippen LogP contribution in [0, 0.1) is 10.6 Å². The van der Waals surface area contributed by atoms with Crippen LogP contribution in [-0.2, 0) is 17.8 Å². The first-order valence-corrected chi connectivity index (χ1v) is 11.0. The second kappa shape index (κ2) is 8.02. The lowest BCUT2D eigenvalue weighted by atomic mass is 10.0. The van der Waals surface area contributed by atoms with Gasteiger partial charge in [0.25, 0.3) is 5.91 Å². The summed E-state index contributed by atoms with van der Waals surface area (Å²) in [6.07, 6.45) is 0.393. The Hall–Kier alpha value is -3.26. The average molecular weight is 430 g/mol. The maximum atomic E-state index is 14.7. The molecule has 3 aromatic carbocycles. The number of hydrogen-bond donors (Lipinski definition) is 3. The molecule has 1 amide bonds. The van der Waals surface area contributed by atoms with E-state index in [1.165, 1.54) is 0 Å². The summed E-state index contributed by atoms with van der Waals surface area (Å²) in [5.74, 6) is -0.177. The maximum absolute atomic E-state index is 14.7. The number of amides is 1. The summed E-state index contributed by atoms with van der Waals surface area (Å²) in [4.78, 5) is 15.4. The maximum Gasteiger partial charge on any atom is 0.282 e. The summed E-state index contributed by atoms with van der Waals surface area (Å²) in [6, 6.07) is 18.5. The van der Waals surface area contributed by atoms with Gasteiger partial charge in [-0.3, -0.25) is 10.2 Å². The zero-order chi connectivity index (χ0) is 22.3. The number of nitrogens with two attached hydrogens (primary N) is 1. The summed E-state index contributed by atoms with van der Waals surface area (Å²) in [5.41, 5.74) is 8.55. The van der Waals surface area contributed by atoms with Gasteiger partial charge in [-0.25, -0.2) is 0 Å². The lowest BCUT2D eigenvalue weighted by Crippen LogP contribution is -2.59. The van der Waals surface area contributed by atoms with Crippen LogP contribution in [0.1, 0.15) is 16.7 Å². The highest BCUT2D eigenvalue weighted by Crippen LogP contribution is 2.42. The van der Waals surface area contributed by atoms with E-state index in [0.717, 1.165) is 35.0 Å². The lowest BCUT2D eigenvalue weighted by Gasteiger charge is -2.45. The van der Waals surface area contributed by atoms with E-state index in [1.54, 1.807) is 12.1 Å². The average Bonchev–Trinajstić information content (AvgIpc) is 3.11. The van der Waals surface area contributed by atoms with Gasteiger partial charge in [-0.05, 0) is 10.8 Å². The third-order valence-corrected chi connectivity index (χ3v) is 6.72. The standard InChI is InChI=1S/C25H27N5O2/c26-24(27)19-9-8-18-14-23(25(31)29-12-10-28-11-13-29)30(32,22(18)15-19)16-20-6-3-5-17-4-1-2-7-21(17)20/h1-9,15,23,28H,10-14,16H2,(H3,26,27). The van der Waals surface area contributed by atoms with E-state index in [1.807, 2.05) is 53.4 Å². The summed E-state index contributed by atoms with van der Waals surface area (Å²) in [6.45, 7) is 2.85. The number of rotatable bonds is 4. The number of nitrogens with zero attached hydrogens (tertiary/aromatic N) is 2. The van der Waals surface area contributed by atoms with Gasteiger partial charge in [0.2, 0.25) is 0 Å². The molecule has 3 aromatic rings. The number of amidine groups is 1. The molecule has 2 aliphatic heterocycles. The Bertz CT molecular complexity index is 1200. The molecule has 1 fully saturated rings. The molecule has 0 radical (unpaired) electrons. The van der Waals surface area contributed by atoms with Crippen molar-refractivity contribution in [3.8, 4) is 0 Å². The number of benzene rings is 3. The van der Waals surface area contributed by atoms with E-state index in [-0.39, 0.29) is 18.3 Å². The number of nitrogens with one attached hydrogen (secondary N) is 2. The van der Waals surface area contributed by atoms with Crippen LogP contribution >= 0.6 is 0 Å². The molecule has 7 heteroatoms. The molecule has 7 nitrogen and oxygen atoms in total. The minimum atomic E-state index is -0.757. The van der Waals surface area contributed by atoms with Gasteiger partial charge in [0.1, 0.15) is 18.1 Å². The quantitative estimate of drug-likeness (QED) is 0.256. The van der Waals surface area contributed by atoms with Crippen molar-refractivity contribution in [2.45, 2.75) is 19.0 Å². The Morgan fingerprint density at radius 2 is 1.88 bits per heavy atom. The van der Waals surface area contributed by atoms with Crippen LogP contribution in [0.15, 0.2) is 60.7 Å². The highest BCUT2D eigenvalue weighted by atomic mass is 16.6. The van der Waals surface area contributed by atoms with Crippen molar-refractivity contribution >= 4 is 28.2 Å². The van der Waals surface area contributed by atoms with Gasteiger partial charge in [-0.2, -0.15) is 0 Å². The minimum absolute atomic E-state index is 0.0820. The highest BCUT2D eigenvalue weighted by molar-refractivity contribution is 5.97. The van der Waals surface area contributed by atoms with E-state index >= 15 is 0 Å². The van der Waals surface area contributed by atoms with Crippen molar-refractivity contribution in [1.29, 1.82) is 5.41 Å². The number of carbonyl (C=O) groups is 1. The number of nitrogen functional groups attached to an aromatic ring is 1. The predicted octanol–water partition coefficient (Wildman–Crippen LogP) is 2.49. The van der Waals surface area contributed by atoms with Gasteiger partial charge < -0.3 is 25.8 Å². The van der Waals surface area contributed by atoms with Gasteiger partial charge in [0.05, 0.1) is 0 Å². The lowest BCUT2D eigenvalue weighted by molar-refractivity contribution is -0.136.